The maximum absolute atomic E-state index is 12.7. The second-order valence-electron chi connectivity index (χ2n) is 6.91. The van der Waals surface area contributed by atoms with E-state index in [-0.39, 0.29) is 22.0 Å². The predicted octanol–water partition coefficient (Wildman–Crippen LogP) is 3.06. The normalized spacial score (nSPS) is 18.8. The minimum atomic E-state index is -0.388. The number of allylic oxidation sites excluding steroid dienone is 2. The maximum atomic E-state index is 12.7. The number of H-pyrrole nitrogens is 2. The monoisotopic (exact) mass is 368 g/mol. The van der Waals surface area contributed by atoms with E-state index in [1.54, 1.807) is 0 Å². The van der Waals surface area contributed by atoms with Gasteiger partial charge in [-0.25, -0.2) is 0 Å². The summed E-state index contributed by atoms with van der Waals surface area (Å²) in [6.07, 6.45) is 2.12. The zero-order valence-electron chi connectivity index (χ0n) is 14.7. The van der Waals surface area contributed by atoms with Crippen molar-refractivity contribution in [3.05, 3.63) is 61.8 Å². The molecule has 2 aromatic rings. The molecule has 4 rings (SSSR count). The number of fused-ring (bicyclic) bond motifs is 1. The number of rotatable bonds is 2. The molecule has 6 nitrogen and oxygen atoms in total. The molecule has 0 spiro atoms. The number of benzene rings is 1. The molecule has 1 atom stereocenters. The van der Waals surface area contributed by atoms with Crippen molar-refractivity contribution in [3.8, 4) is 0 Å². The average Bonchev–Trinajstić information content (AvgIpc) is 2.60. The fraction of sp³-hybridized carbons (Fsp3) is 0.316. The lowest BCUT2D eigenvalue weighted by molar-refractivity contribution is -0.116. The van der Waals surface area contributed by atoms with Crippen LogP contribution in [0.3, 0.4) is 0 Å². The molecule has 1 aliphatic heterocycles. The van der Waals surface area contributed by atoms with Crippen molar-refractivity contribution >= 4 is 29.5 Å². The highest BCUT2D eigenvalue weighted by Gasteiger charge is 2.37. The summed E-state index contributed by atoms with van der Waals surface area (Å²) in [5.74, 6) is 0.308. The zero-order valence-corrected chi connectivity index (χ0v) is 15.5. The van der Waals surface area contributed by atoms with Gasteiger partial charge in [0.15, 0.2) is 10.6 Å². The Bertz CT molecular complexity index is 1030. The highest BCUT2D eigenvalue weighted by Crippen LogP contribution is 2.43. The number of aromatic nitrogens is 2. The number of aromatic amines is 2. The number of hydrogen-bond donors (Lipinski definition) is 3. The Labute approximate surface area is 156 Å². The van der Waals surface area contributed by atoms with Gasteiger partial charge in [-0.3, -0.25) is 14.6 Å². The van der Waals surface area contributed by atoms with Gasteiger partial charge < -0.3 is 15.2 Å². The molecule has 3 N–H and O–H groups in total. The van der Waals surface area contributed by atoms with Gasteiger partial charge in [0.25, 0.3) is 5.56 Å². The molecule has 26 heavy (non-hydrogen) atoms. The Kier molecular flexibility index (Phi) is 4.03. The number of nitrogens with zero attached hydrogens (tertiary/aromatic N) is 1. The van der Waals surface area contributed by atoms with Crippen molar-refractivity contribution in [2.75, 3.05) is 24.3 Å². The number of carbonyl (C=O) groups excluding carboxylic acids is 1. The van der Waals surface area contributed by atoms with Crippen molar-refractivity contribution in [2.24, 2.45) is 0 Å². The van der Waals surface area contributed by atoms with Crippen molar-refractivity contribution < 1.29 is 4.79 Å². The Morgan fingerprint density at radius 3 is 2.50 bits per heavy atom. The van der Waals surface area contributed by atoms with Crippen molar-refractivity contribution in [1.82, 2.24) is 9.97 Å². The van der Waals surface area contributed by atoms with Gasteiger partial charge in [-0.2, -0.15) is 0 Å². The fourth-order valence-electron chi connectivity index (χ4n) is 3.79. The van der Waals surface area contributed by atoms with E-state index in [1.807, 2.05) is 43.3 Å². The van der Waals surface area contributed by atoms with Crippen LogP contribution in [0.4, 0.5) is 11.5 Å². The largest absolute Gasteiger partial charge is 0.378 e. The topological polar surface area (TPSA) is 81.0 Å². The Balaban J connectivity index is 1.95. The summed E-state index contributed by atoms with van der Waals surface area (Å²) in [6.45, 7) is 0. The number of Topliss-reactive ketones (excluding diaryl/α,β-unsaturated/α-hetero) is 1. The summed E-state index contributed by atoms with van der Waals surface area (Å²) in [7, 11) is 3.95. The molecule has 134 valence electrons. The number of nitrogens with one attached hydrogen (secondary N) is 3. The standard InChI is InChI=1S/C19H20N4O2S/c1-23(2)11-8-6-10(7-9-11)14-15-12(4-3-5-13(15)24)20-17-16(14)18(25)22-19(26)21-17/h6-9,14H,3-5H2,1-2H3,(H3,20,21,22,25,26). The fourth-order valence-corrected chi connectivity index (χ4v) is 3.99. The van der Waals surface area contributed by atoms with Crippen LogP contribution in [-0.4, -0.2) is 29.8 Å². The first-order chi connectivity index (χ1) is 12.5. The van der Waals surface area contributed by atoms with E-state index >= 15 is 0 Å². The lowest BCUT2D eigenvalue weighted by Gasteiger charge is -2.33. The van der Waals surface area contributed by atoms with Crippen LogP contribution in [-0.2, 0) is 4.79 Å². The number of carbonyl (C=O) groups is 1. The van der Waals surface area contributed by atoms with E-state index in [0.717, 1.165) is 29.8 Å². The first-order valence-corrected chi connectivity index (χ1v) is 9.03. The van der Waals surface area contributed by atoms with E-state index in [2.05, 4.69) is 15.3 Å². The first-order valence-electron chi connectivity index (χ1n) is 8.62. The molecule has 0 saturated carbocycles. The van der Waals surface area contributed by atoms with Gasteiger partial charge in [0.2, 0.25) is 0 Å². The summed E-state index contributed by atoms with van der Waals surface area (Å²) in [6, 6.07) is 7.99. The lowest BCUT2D eigenvalue weighted by Crippen LogP contribution is -2.32. The molecular formula is C19H20N4O2S. The van der Waals surface area contributed by atoms with Gasteiger partial charge in [-0.1, -0.05) is 12.1 Å². The molecule has 2 heterocycles. The smallest absolute Gasteiger partial charge is 0.257 e. The minimum absolute atomic E-state index is 0.105. The third-order valence-corrected chi connectivity index (χ3v) is 5.24. The molecule has 1 aromatic carbocycles. The van der Waals surface area contributed by atoms with Gasteiger partial charge in [0, 0.05) is 43.4 Å². The molecule has 1 aromatic heterocycles. The van der Waals surface area contributed by atoms with Crippen LogP contribution in [0.5, 0.6) is 0 Å². The van der Waals surface area contributed by atoms with E-state index in [0.29, 0.717) is 23.4 Å². The Morgan fingerprint density at radius 2 is 1.81 bits per heavy atom. The number of hydrogen-bond acceptors (Lipinski definition) is 5. The third kappa shape index (κ3) is 2.68. The molecule has 0 saturated heterocycles. The molecular weight excluding hydrogens is 348 g/mol. The highest BCUT2D eigenvalue weighted by atomic mass is 32.1. The highest BCUT2D eigenvalue weighted by molar-refractivity contribution is 7.71. The first kappa shape index (κ1) is 16.8. The van der Waals surface area contributed by atoms with Crippen LogP contribution in [0.2, 0.25) is 0 Å². The van der Waals surface area contributed by atoms with Gasteiger partial charge in [-0.05, 0) is 42.8 Å². The predicted molar refractivity (Wildman–Crippen MR) is 104 cm³/mol. The number of anilines is 2. The van der Waals surface area contributed by atoms with E-state index < -0.39 is 0 Å². The Morgan fingerprint density at radius 1 is 1.08 bits per heavy atom. The third-order valence-electron chi connectivity index (χ3n) is 5.03. The summed E-state index contributed by atoms with van der Waals surface area (Å²) in [4.78, 5) is 33.1. The van der Waals surface area contributed by atoms with Crippen molar-refractivity contribution in [2.45, 2.75) is 25.2 Å². The van der Waals surface area contributed by atoms with Crippen LogP contribution in [0.25, 0.3) is 0 Å². The summed E-state index contributed by atoms with van der Waals surface area (Å²) < 4.78 is 0.272. The van der Waals surface area contributed by atoms with E-state index in [9.17, 15) is 9.59 Å². The van der Waals surface area contributed by atoms with Gasteiger partial charge in [0.05, 0.1) is 5.56 Å². The molecule has 7 heteroatoms. The van der Waals surface area contributed by atoms with Crippen LogP contribution in [0.1, 0.15) is 36.3 Å². The SMILES string of the molecule is CN(C)c1ccc(C2C3=C(CCCC3=O)Nc3[nH]c(=S)[nH]c(=O)c32)cc1. The molecule has 0 bridgehead atoms. The zero-order chi connectivity index (χ0) is 18.4. The molecule has 0 fully saturated rings. The molecule has 0 radical (unpaired) electrons. The minimum Gasteiger partial charge on any atom is -0.378 e. The number of ketones is 1. The van der Waals surface area contributed by atoms with Crippen LogP contribution in [0, 0.1) is 4.77 Å². The van der Waals surface area contributed by atoms with Gasteiger partial charge in [0.1, 0.15) is 5.82 Å². The van der Waals surface area contributed by atoms with Gasteiger partial charge >= 0.3 is 0 Å². The van der Waals surface area contributed by atoms with Crippen molar-refractivity contribution in [3.63, 3.8) is 0 Å². The molecule has 0 amide bonds. The maximum Gasteiger partial charge on any atom is 0.257 e. The van der Waals surface area contributed by atoms with Crippen molar-refractivity contribution in [1.29, 1.82) is 0 Å². The van der Waals surface area contributed by atoms with Gasteiger partial charge in [-0.15, -0.1) is 0 Å². The quantitative estimate of drug-likeness (QED) is 0.710. The molecule has 1 unspecified atom stereocenters. The average molecular weight is 368 g/mol. The Hall–Kier alpha value is -2.67. The molecule has 2 aliphatic rings. The van der Waals surface area contributed by atoms with E-state index in [1.165, 1.54) is 0 Å². The van der Waals surface area contributed by atoms with Crippen LogP contribution >= 0.6 is 12.2 Å². The molecule has 1 aliphatic carbocycles. The van der Waals surface area contributed by atoms with Crippen LogP contribution < -0.4 is 15.8 Å². The second-order valence-corrected chi connectivity index (χ2v) is 7.32. The summed E-state index contributed by atoms with van der Waals surface area (Å²) in [5.41, 5.74) is 3.85. The summed E-state index contributed by atoms with van der Waals surface area (Å²) in [5, 5.41) is 3.25. The van der Waals surface area contributed by atoms with Crippen LogP contribution in [0.15, 0.2) is 40.3 Å². The summed E-state index contributed by atoms with van der Waals surface area (Å²) >= 11 is 5.12. The second kappa shape index (κ2) is 6.25. The lowest BCUT2D eigenvalue weighted by atomic mass is 9.76. The van der Waals surface area contributed by atoms with E-state index in [4.69, 9.17) is 12.2 Å².